The van der Waals surface area contributed by atoms with E-state index in [1.54, 1.807) is 0 Å². The number of carbonyl (C=O) groups is 1. The number of likely N-dealkylation sites (tertiary alicyclic amines) is 1. The first-order valence-electron chi connectivity index (χ1n) is 7.34. The summed E-state index contributed by atoms with van der Waals surface area (Å²) in [5.41, 5.74) is 0. The number of nitrogens with one attached hydrogen (secondary N) is 1. The zero-order valence-corrected chi connectivity index (χ0v) is 13.0. The summed E-state index contributed by atoms with van der Waals surface area (Å²) < 4.78 is 0. The Labute approximate surface area is 123 Å². The molecule has 2 heterocycles. The minimum atomic E-state index is 0. The number of nitrogens with zero attached hydrogens (tertiary/aromatic N) is 2. The number of amides is 1. The van der Waals surface area contributed by atoms with Gasteiger partial charge in [-0.3, -0.25) is 4.79 Å². The Morgan fingerprint density at radius 2 is 2.00 bits per heavy atom. The van der Waals surface area contributed by atoms with Crippen molar-refractivity contribution in [2.45, 2.75) is 50.6 Å². The molecule has 0 saturated carbocycles. The van der Waals surface area contributed by atoms with Gasteiger partial charge in [0.05, 0.1) is 0 Å². The van der Waals surface area contributed by atoms with E-state index >= 15 is 0 Å². The normalized spacial score (nSPS) is 25.1. The van der Waals surface area contributed by atoms with Gasteiger partial charge in [-0.15, -0.1) is 12.4 Å². The van der Waals surface area contributed by atoms with Gasteiger partial charge >= 0.3 is 0 Å². The predicted molar refractivity (Wildman–Crippen MR) is 80.8 cm³/mol. The molecule has 0 aromatic heterocycles. The Morgan fingerprint density at radius 3 is 2.58 bits per heavy atom. The van der Waals surface area contributed by atoms with Crippen LogP contribution >= 0.6 is 12.4 Å². The van der Waals surface area contributed by atoms with E-state index in [1.165, 1.54) is 12.8 Å². The minimum absolute atomic E-state index is 0. The molecular formula is C14H28ClN3O. The number of piperidine rings is 1. The van der Waals surface area contributed by atoms with Crippen LogP contribution in [0.25, 0.3) is 0 Å². The van der Waals surface area contributed by atoms with Crippen molar-refractivity contribution in [2.75, 3.05) is 33.7 Å². The molecule has 4 nitrogen and oxygen atoms in total. The molecule has 0 aliphatic carbocycles. The maximum Gasteiger partial charge on any atom is 0.222 e. The molecule has 1 N–H and O–H groups in total. The lowest BCUT2D eigenvalue weighted by atomic mass is 10.0. The Morgan fingerprint density at radius 1 is 1.32 bits per heavy atom. The van der Waals surface area contributed by atoms with Crippen LogP contribution in [-0.2, 0) is 4.79 Å². The lowest BCUT2D eigenvalue weighted by molar-refractivity contribution is -0.133. The maximum atomic E-state index is 12.2. The summed E-state index contributed by atoms with van der Waals surface area (Å²) in [5.74, 6) is 0.332. The molecule has 2 saturated heterocycles. The molecule has 5 heteroatoms. The van der Waals surface area contributed by atoms with Gasteiger partial charge in [-0.1, -0.05) is 0 Å². The first-order valence-corrected chi connectivity index (χ1v) is 7.34. The number of halogens is 1. The lowest BCUT2D eigenvalue weighted by Crippen LogP contribution is -2.44. The highest BCUT2D eigenvalue weighted by molar-refractivity contribution is 5.85. The van der Waals surface area contributed by atoms with Crippen molar-refractivity contribution in [1.29, 1.82) is 0 Å². The summed E-state index contributed by atoms with van der Waals surface area (Å²) in [4.78, 5) is 16.5. The standard InChI is InChI=1S/C14H27N3O.ClH/c1-16-10-7-13(8-11-16)17(2)14(18)6-5-12-4-3-9-15-12;/h12-13,15H,3-11H2,1-2H3;1H. The topological polar surface area (TPSA) is 35.6 Å². The summed E-state index contributed by atoms with van der Waals surface area (Å²) in [5, 5.41) is 3.46. The SMILES string of the molecule is CN1CCC(N(C)C(=O)CCC2CCCN2)CC1.Cl. The third-order valence-electron chi connectivity index (χ3n) is 4.50. The van der Waals surface area contributed by atoms with Crippen LogP contribution in [0.2, 0.25) is 0 Å². The van der Waals surface area contributed by atoms with Gasteiger partial charge in [-0.25, -0.2) is 0 Å². The van der Waals surface area contributed by atoms with Crippen LogP contribution in [0.4, 0.5) is 0 Å². The van der Waals surface area contributed by atoms with E-state index in [2.05, 4.69) is 17.3 Å². The molecule has 1 amide bonds. The Bertz CT molecular complexity index is 274. The number of hydrogen-bond acceptors (Lipinski definition) is 3. The highest BCUT2D eigenvalue weighted by Gasteiger charge is 2.24. The smallest absolute Gasteiger partial charge is 0.222 e. The summed E-state index contributed by atoms with van der Waals surface area (Å²) in [6.45, 7) is 3.36. The van der Waals surface area contributed by atoms with Crippen LogP contribution < -0.4 is 5.32 Å². The first kappa shape index (κ1) is 16.7. The molecule has 19 heavy (non-hydrogen) atoms. The van der Waals surface area contributed by atoms with Crippen LogP contribution in [0.15, 0.2) is 0 Å². The molecule has 0 aromatic rings. The van der Waals surface area contributed by atoms with Crippen molar-refractivity contribution in [3.63, 3.8) is 0 Å². The van der Waals surface area contributed by atoms with Crippen LogP contribution in [0.5, 0.6) is 0 Å². The van der Waals surface area contributed by atoms with Gasteiger partial charge < -0.3 is 15.1 Å². The molecule has 1 unspecified atom stereocenters. The van der Waals surface area contributed by atoms with Gasteiger partial charge in [-0.2, -0.15) is 0 Å². The van der Waals surface area contributed by atoms with Gasteiger partial charge in [0.15, 0.2) is 0 Å². The highest BCUT2D eigenvalue weighted by Crippen LogP contribution is 2.17. The Hall–Kier alpha value is -0.320. The van der Waals surface area contributed by atoms with Crippen LogP contribution in [0.1, 0.15) is 38.5 Å². The summed E-state index contributed by atoms with van der Waals surface area (Å²) >= 11 is 0. The van der Waals surface area contributed by atoms with Gasteiger partial charge in [0.1, 0.15) is 0 Å². The largest absolute Gasteiger partial charge is 0.343 e. The predicted octanol–water partition coefficient (Wildman–Crippen LogP) is 1.49. The van der Waals surface area contributed by atoms with Crippen LogP contribution in [0, 0.1) is 0 Å². The fraction of sp³-hybridized carbons (Fsp3) is 0.929. The van der Waals surface area contributed by atoms with E-state index in [9.17, 15) is 4.79 Å². The minimum Gasteiger partial charge on any atom is -0.343 e. The molecule has 112 valence electrons. The highest BCUT2D eigenvalue weighted by atomic mass is 35.5. The van der Waals surface area contributed by atoms with Crippen molar-refractivity contribution >= 4 is 18.3 Å². The average Bonchev–Trinajstić information content (AvgIpc) is 2.89. The molecular weight excluding hydrogens is 262 g/mol. The third-order valence-corrected chi connectivity index (χ3v) is 4.50. The lowest BCUT2D eigenvalue weighted by Gasteiger charge is -2.35. The second kappa shape index (κ2) is 8.08. The quantitative estimate of drug-likeness (QED) is 0.852. The second-order valence-electron chi connectivity index (χ2n) is 5.87. The van der Waals surface area contributed by atoms with Gasteiger partial charge in [0.2, 0.25) is 5.91 Å². The van der Waals surface area contributed by atoms with E-state index < -0.39 is 0 Å². The van der Waals surface area contributed by atoms with Gasteiger partial charge in [-0.05, 0) is 58.8 Å². The molecule has 2 rings (SSSR count). The number of hydrogen-bond donors (Lipinski definition) is 1. The molecule has 0 aromatic carbocycles. The fourth-order valence-corrected chi connectivity index (χ4v) is 3.06. The monoisotopic (exact) mass is 289 g/mol. The zero-order valence-electron chi connectivity index (χ0n) is 12.2. The number of carbonyl (C=O) groups excluding carboxylic acids is 1. The summed E-state index contributed by atoms with van der Waals surface area (Å²) in [7, 11) is 4.14. The van der Waals surface area contributed by atoms with Crippen molar-refractivity contribution in [2.24, 2.45) is 0 Å². The molecule has 0 spiro atoms. The van der Waals surface area contributed by atoms with Gasteiger partial charge in [0, 0.05) is 25.6 Å². The maximum absolute atomic E-state index is 12.2. The van der Waals surface area contributed by atoms with E-state index in [4.69, 9.17) is 0 Å². The first-order chi connectivity index (χ1) is 8.66. The van der Waals surface area contributed by atoms with Crippen molar-refractivity contribution in [3.8, 4) is 0 Å². The Balaban J connectivity index is 0.00000180. The van der Waals surface area contributed by atoms with E-state index in [1.807, 2.05) is 11.9 Å². The molecule has 2 fully saturated rings. The molecule has 0 radical (unpaired) electrons. The third kappa shape index (κ3) is 4.93. The second-order valence-corrected chi connectivity index (χ2v) is 5.87. The van der Waals surface area contributed by atoms with Crippen molar-refractivity contribution < 1.29 is 4.79 Å². The molecule has 1 atom stereocenters. The van der Waals surface area contributed by atoms with E-state index in [-0.39, 0.29) is 12.4 Å². The Kier molecular flexibility index (Phi) is 7.11. The van der Waals surface area contributed by atoms with Crippen molar-refractivity contribution in [3.05, 3.63) is 0 Å². The van der Waals surface area contributed by atoms with Crippen LogP contribution in [0.3, 0.4) is 0 Å². The zero-order chi connectivity index (χ0) is 13.0. The summed E-state index contributed by atoms with van der Waals surface area (Å²) in [6, 6.07) is 1.05. The average molecular weight is 290 g/mol. The molecule has 0 bridgehead atoms. The van der Waals surface area contributed by atoms with Gasteiger partial charge in [0.25, 0.3) is 0 Å². The van der Waals surface area contributed by atoms with E-state index in [0.29, 0.717) is 24.4 Å². The van der Waals surface area contributed by atoms with E-state index in [0.717, 1.165) is 38.9 Å². The molecule has 2 aliphatic rings. The van der Waals surface area contributed by atoms with Crippen LogP contribution in [-0.4, -0.2) is 61.5 Å². The fourth-order valence-electron chi connectivity index (χ4n) is 3.06. The summed E-state index contributed by atoms with van der Waals surface area (Å²) in [6.07, 6.45) is 6.48. The van der Waals surface area contributed by atoms with Crippen molar-refractivity contribution in [1.82, 2.24) is 15.1 Å². The number of rotatable bonds is 4. The molecule has 2 aliphatic heterocycles.